The maximum Gasteiger partial charge on any atom is 0.141 e. The lowest BCUT2D eigenvalue weighted by atomic mass is 9.74. The number of aryl methyl sites for hydroxylation is 1. The molecule has 3 rings (SSSR count). The second-order valence-corrected chi connectivity index (χ2v) is 6.51. The summed E-state index contributed by atoms with van der Waals surface area (Å²) >= 11 is 0. The Morgan fingerprint density at radius 2 is 2.15 bits per heavy atom. The van der Waals surface area contributed by atoms with Crippen molar-refractivity contribution in [1.29, 1.82) is 0 Å². The first-order chi connectivity index (χ1) is 9.37. The summed E-state index contributed by atoms with van der Waals surface area (Å²) in [5.74, 6) is 0.444. The maximum atomic E-state index is 13.1. The fourth-order valence-electron chi connectivity index (χ4n) is 3.27. The fourth-order valence-corrected chi connectivity index (χ4v) is 3.27. The lowest BCUT2D eigenvalue weighted by Crippen LogP contribution is -2.30. The van der Waals surface area contributed by atoms with Crippen molar-refractivity contribution in [2.75, 3.05) is 0 Å². The second-order valence-electron chi connectivity index (χ2n) is 6.51. The summed E-state index contributed by atoms with van der Waals surface area (Å²) < 4.78 is 15.2. The van der Waals surface area contributed by atoms with Crippen molar-refractivity contribution in [1.82, 2.24) is 9.55 Å². The van der Waals surface area contributed by atoms with Crippen molar-refractivity contribution < 1.29 is 4.39 Å². The van der Waals surface area contributed by atoms with Crippen LogP contribution in [0.4, 0.5) is 4.39 Å². The smallest absolute Gasteiger partial charge is 0.141 e. The number of fused-ring (bicyclic) bond motifs is 1. The van der Waals surface area contributed by atoms with E-state index in [9.17, 15) is 4.39 Å². The van der Waals surface area contributed by atoms with Crippen LogP contribution in [0.2, 0.25) is 0 Å². The molecule has 0 amide bonds. The molecule has 0 aromatic carbocycles. The maximum absolute atomic E-state index is 13.1. The molecule has 106 valence electrons. The monoisotopic (exact) mass is 273 g/mol. The van der Waals surface area contributed by atoms with Crippen LogP contribution < -0.4 is 5.73 Å². The second kappa shape index (κ2) is 4.42. The van der Waals surface area contributed by atoms with Crippen LogP contribution in [0.25, 0.3) is 5.82 Å². The zero-order valence-electron chi connectivity index (χ0n) is 12.2. The first-order valence-corrected chi connectivity index (χ1v) is 6.96. The van der Waals surface area contributed by atoms with Crippen LogP contribution in [0.3, 0.4) is 0 Å². The Hall–Kier alpha value is -1.68. The highest BCUT2D eigenvalue weighted by molar-refractivity contribution is 5.41. The van der Waals surface area contributed by atoms with E-state index in [0.29, 0.717) is 0 Å². The summed E-state index contributed by atoms with van der Waals surface area (Å²) in [5, 5.41) is 0. The fraction of sp³-hybridized carbons (Fsp3) is 0.438. The predicted molar refractivity (Wildman–Crippen MR) is 77.3 cm³/mol. The molecule has 0 radical (unpaired) electrons. The molecule has 2 aromatic rings. The summed E-state index contributed by atoms with van der Waals surface area (Å²) in [6, 6.07) is 5.37. The third-order valence-electron chi connectivity index (χ3n) is 4.08. The Morgan fingerprint density at radius 3 is 2.80 bits per heavy atom. The van der Waals surface area contributed by atoms with Gasteiger partial charge in [-0.3, -0.25) is 0 Å². The van der Waals surface area contributed by atoms with Crippen LogP contribution in [0.5, 0.6) is 0 Å². The van der Waals surface area contributed by atoms with Gasteiger partial charge in [-0.1, -0.05) is 13.8 Å². The van der Waals surface area contributed by atoms with Crippen molar-refractivity contribution in [2.24, 2.45) is 11.1 Å². The average Bonchev–Trinajstić information content (AvgIpc) is 2.66. The molecule has 2 aromatic heterocycles. The van der Waals surface area contributed by atoms with E-state index < -0.39 is 0 Å². The van der Waals surface area contributed by atoms with Crippen LogP contribution in [-0.4, -0.2) is 9.55 Å². The zero-order valence-corrected chi connectivity index (χ0v) is 12.2. The minimum atomic E-state index is -0.315. The van der Waals surface area contributed by atoms with Crippen molar-refractivity contribution in [3.05, 3.63) is 47.2 Å². The molecule has 0 spiro atoms. The van der Waals surface area contributed by atoms with Gasteiger partial charge in [0.15, 0.2) is 0 Å². The summed E-state index contributed by atoms with van der Waals surface area (Å²) in [7, 11) is 0. The number of rotatable bonds is 1. The van der Waals surface area contributed by atoms with Gasteiger partial charge in [-0.25, -0.2) is 9.37 Å². The molecule has 0 aliphatic heterocycles. The van der Waals surface area contributed by atoms with Gasteiger partial charge in [-0.05, 0) is 48.9 Å². The van der Waals surface area contributed by atoms with Crippen molar-refractivity contribution in [3.63, 3.8) is 0 Å². The summed E-state index contributed by atoms with van der Waals surface area (Å²) in [6.45, 7) is 6.52. The standard InChI is InChI=1S/C16H20FN3/c1-10-6-12-13(18)7-16(2,3)8-14(12)20(10)15-5-4-11(17)9-19-15/h4-6,9,13H,7-8,18H2,1-3H3. The van der Waals surface area contributed by atoms with Crippen molar-refractivity contribution >= 4 is 0 Å². The third kappa shape index (κ3) is 2.14. The number of aromatic nitrogens is 2. The number of nitrogens with two attached hydrogens (primary N) is 1. The van der Waals surface area contributed by atoms with Gasteiger partial charge in [0.05, 0.1) is 6.20 Å². The predicted octanol–water partition coefficient (Wildman–Crippen LogP) is 3.29. The Kier molecular flexibility index (Phi) is 2.94. The number of hydrogen-bond acceptors (Lipinski definition) is 2. The van der Waals surface area contributed by atoms with Crippen LogP contribution in [0, 0.1) is 18.2 Å². The van der Waals surface area contributed by atoms with Crippen molar-refractivity contribution in [3.8, 4) is 5.82 Å². The van der Waals surface area contributed by atoms with Crippen LogP contribution in [0.15, 0.2) is 24.4 Å². The Bertz CT molecular complexity index is 640. The van der Waals surface area contributed by atoms with E-state index in [1.165, 1.54) is 23.5 Å². The molecule has 0 saturated heterocycles. The number of hydrogen-bond donors (Lipinski definition) is 1. The first kappa shape index (κ1) is 13.3. The Morgan fingerprint density at radius 1 is 1.40 bits per heavy atom. The third-order valence-corrected chi connectivity index (χ3v) is 4.08. The SMILES string of the molecule is Cc1cc2c(n1-c1ccc(F)cn1)CC(C)(C)CC2N. The summed E-state index contributed by atoms with van der Waals surface area (Å²) in [6.07, 6.45) is 3.21. The molecule has 2 heterocycles. The van der Waals surface area contributed by atoms with E-state index in [2.05, 4.69) is 29.5 Å². The van der Waals surface area contributed by atoms with E-state index in [4.69, 9.17) is 5.73 Å². The van der Waals surface area contributed by atoms with E-state index in [1.54, 1.807) is 6.07 Å². The summed E-state index contributed by atoms with van der Waals surface area (Å²) in [4.78, 5) is 4.21. The van der Waals surface area contributed by atoms with Gasteiger partial charge in [0.1, 0.15) is 11.6 Å². The molecule has 2 N–H and O–H groups in total. The van der Waals surface area contributed by atoms with Crippen LogP contribution >= 0.6 is 0 Å². The van der Waals surface area contributed by atoms with Gasteiger partial charge in [-0.15, -0.1) is 0 Å². The molecular weight excluding hydrogens is 253 g/mol. The topological polar surface area (TPSA) is 43.8 Å². The van der Waals surface area contributed by atoms with Gasteiger partial charge in [-0.2, -0.15) is 0 Å². The molecule has 1 aliphatic carbocycles. The van der Waals surface area contributed by atoms with Gasteiger partial charge in [0, 0.05) is 17.4 Å². The molecule has 0 fully saturated rings. The average molecular weight is 273 g/mol. The number of nitrogens with zero attached hydrogens (tertiary/aromatic N) is 2. The van der Waals surface area contributed by atoms with Gasteiger partial charge in [0.2, 0.25) is 0 Å². The molecule has 4 heteroatoms. The molecule has 1 unspecified atom stereocenters. The lowest BCUT2D eigenvalue weighted by Gasteiger charge is -2.34. The van der Waals surface area contributed by atoms with Crippen LogP contribution in [0.1, 0.15) is 43.3 Å². The van der Waals surface area contributed by atoms with E-state index in [-0.39, 0.29) is 17.3 Å². The molecular formula is C16H20FN3. The van der Waals surface area contributed by atoms with E-state index in [0.717, 1.165) is 24.4 Å². The van der Waals surface area contributed by atoms with Crippen LogP contribution in [-0.2, 0) is 6.42 Å². The minimum Gasteiger partial charge on any atom is -0.324 e. The number of halogens is 1. The molecule has 0 saturated carbocycles. The zero-order chi connectivity index (χ0) is 14.5. The Labute approximate surface area is 118 Å². The highest BCUT2D eigenvalue weighted by atomic mass is 19.1. The van der Waals surface area contributed by atoms with E-state index >= 15 is 0 Å². The molecule has 1 atom stereocenters. The van der Waals surface area contributed by atoms with Gasteiger partial charge >= 0.3 is 0 Å². The van der Waals surface area contributed by atoms with Crippen molar-refractivity contribution in [2.45, 2.75) is 39.7 Å². The molecule has 0 bridgehead atoms. The Balaban J connectivity index is 2.16. The molecule has 1 aliphatic rings. The minimum absolute atomic E-state index is 0.0640. The normalized spacial score (nSPS) is 20.8. The lowest BCUT2D eigenvalue weighted by molar-refractivity contribution is 0.278. The first-order valence-electron chi connectivity index (χ1n) is 6.96. The van der Waals surface area contributed by atoms with E-state index in [1.807, 2.05) is 6.92 Å². The largest absolute Gasteiger partial charge is 0.324 e. The highest BCUT2D eigenvalue weighted by Gasteiger charge is 2.33. The molecule has 3 nitrogen and oxygen atoms in total. The highest BCUT2D eigenvalue weighted by Crippen LogP contribution is 2.41. The quantitative estimate of drug-likeness (QED) is 0.866. The summed E-state index contributed by atoms with van der Waals surface area (Å²) in [5.41, 5.74) is 10.0. The number of pyridine rings is 1. The van der Waals surface area contributed by atoms with Gasteiger partial charge < -0.3 is 10.3 Å². The van der Waals surface area contributed by atoms with Gasteiger partial charge in [0.25, 0.3) is 0 Å². The molecule has 20 heavy (non-hydrogen) atoms.